The first kappa shape index (κ1) is 22.5. The van der Waals surface area contributed by atoms with Crippen molar-refractivity contribution < 1.29 is 23.5 Å². The highest BCUT2D eigenvalue weighted by molar-refractivity contribution is 6.44. The van der Waals surface area contributed by atoms with Crippen LogP contribution in [0.5, 0.6) is 0 Å². The molecule has 0 saturated carbocycles. The lowest BCUT2D eigenvalue weighted by molar-refractivity contribution is -0.116. The SMILES string of the molecule is C=C(COC)NC(=O)C(=O)c1c(C)c(C(=O)Nc2ccc(F)c(C#N)c2)n(C)c1C. The van der Waals surface area contributed by atoms with Gasteiger partial charge in [-0.15, -0.1) is 0 Å². The van der Waals surface area contributed by atoms with Crippen molar-refractivity contribution in [1.82, 2.24) is 9.88 Å². The predicted octanol–water partition coefficient (Wildman–Crippen LogP) is 2.36. The molecule has 0 saturated heterocycles. The zero-order chi connectivity index (χ0) is 22.6. The largest absolute Gasteiger partial charge is 0.379 e. The van der Waals surface area contributed by atoms with Crippen molar-refractivity contribution in [2.75, 3.05) is 19.0 Å². The number of carbonyl (C=O) groups excluding carboxylic acids is 3. The fourth-order valence-corrected chi connectivity index (χ4v) is 3.05. The Morgan fingerprint density at radius 3 is 2.57 bits per heavy atom. The zero-order valence-corrected chi connectivity index (χ0v) is 17.1. The van der Waals surface area contributed by atoms with E-state index < -0.39 is 23.4 Å². The number of nitrogens with one attached hydrogen (secondary N) is 2. The molecule has 156 valence electrons. The molecule has 2 amide bonds. The van der Waals surface area contributed by atoms with Crippen molar-refractivity contribution in [2.24, 2.45) is 7.05 Å². The molecule has 2 N–H and O–H groups in total. The smallest absolute Gasteiger partial charge is 0.296 e. The molecular weight excluding hydrogens is 391 g/mol. The number of nitriles is 1. The first-order valence-electron chi connectivity index (χ1n) is 8.81. The average Bonchev–Trinajstić information content (AvgIpc) is 2.91. The van der Waals surface area contributed by atoms with Gasteiger partial charge < -0.3 is 19.9 Å². The minimum absolute atomic E-state index is 0.0573. The highest BCUT2D eigenvalue weighted by Crippen LogP contribution is 2.23. The van der Waals surface area contributed by atoms with E-state index in [0.29, 0.717) is 11.3 Å². The Bertz CT molecular complexity index is 1100. The summed E-state index contributed by atoms with van der Waals surface area (Å²) in [7, 11) is 3.01. The maximum absolute atomic E-state index is 13.5. The summed E-state index contributed by atoms with van der Waals surface area (Å²) < 4.78 is 19.8. The van der Waals surface area contributed by atoms with Crippen LogP contribution in [0.4, 0.5) is 10.1 Å². The third kappa shape index (κ3) is 4.45. The number of rotatable bonds is 7. The molecule has 8 nitrogen and oxygen atoms in total. The first-order valence-corrected chi connectivity index (χ1v) is 8.81. The number of ketones is 1. The number of hydrogen-bond donors (Lipinski definition) is 2. The summed E-state index contributed by atoms with van der Waals surface area (Å²) in [5, 5.41) is 13.9. The minimum atomic E-state index is -0.891. The number of hydrogen-bond acceptors (Lipinski definition) is 5. The Balaban J connectivity index is 2.34. The number of methoxy groups -OCH3 is 1. The van der Waals surface area contributed by atoms with Gasteiger partial charge in [0.25, 0.3) is 17.6 Å². The molecule has 2 aromatic rings. The number of halogens is 1. The molecule has 0 atom stereocenters. The average molecular weight is 412 g/mol. The van der Waals surface area contributed by atoms with E-state index in [1.54, 1.807) is 27.0 Å². The van der Waals surface area contributed by atoms with Crippen LogP contribution in [0.15, 0.2) is 30.5 Å². The van der Waals surface area contributed by atoms with Crippen LogP contribution in [0.3, 0.4) is 0 Å². The maximum atomic E-state index is 13.5. The summed E-state index contributed by atoms with van der Waals surface area (Å²) in [5.74, 6) is -2.98. The number of ether oxygens (including phenoxy) is 1. The van der Waals surface area contributed by atoms with Crippen LogP contribution in [-0.2, 0) is 16.6 Å². The van der Waals surface area contributed by atoms with Crippen LogP contribution >= 0.6 is 0 Å². The predicted molar refractivity (Wildman–Crippen MR) is 107 cm³/mol. The van der Waals surface area contributed by atoms with Gasteiger partial charge in [0.15, 0.2) is 0 Å². The fourth-order valence-electron chi connectivity index (χ4n) is 3.05. The van der Waals surface area contributed by atoms with Crippen molar-refractivity contribution in [2.45, 2.75) is 13.8 Å². The Labute approximate surface area is 172 Å². The Morgan fingerprint density at radius 2 is 1.97 bits per heavy atom. The first-order chi connectivity index (χ1) is 14.1. The van der Waals surface area contributed by atoms with Crippen molar-refractivity contribution >= 4 is 23.3 Å². The Hall–Kier alpha value is -3.77. The van der Waals surface area contributed by atoms with Crippen LogP contribution < -0.4 is 10.6 Å². The molecule has 0 fully saturated rings. The van der Waals surface area contributed by atoms with E-state index in [1.807, 2.05) is 0 Å². The highest BCUT2D eigenvalue weighted by atomic mass is 19.1. The summed E-state index contributed by atoms with van der Waals surface area (Å²) in [6.07, 6.45) is 0. The van der Waals surface area contributed by atoms with Gasteiger partial charge in [0.1, 0.15) is 17.6 Å². The topological polar surface area (TPSA) is 113 Å². The third-order valence-electron chi connectivity index (χ3n) is 4.53. The van der Waals surface area contributed by atoms with Crippen LogP contribution in [0.2, 0.25) is 0 Å². The number of benzene rings is 1. The molecule has 0 bridgehead atoms. The van der Waals surface area contributed by atoms with Crippen LogP contribution in [0, 0.1) is 31.0 Å². The van der Waals surface area contributed by atoms with Crippen molar-refractivity contribution in [1.29, 1.82) is 5.26 Å². The van der Waals surface area contributed by atoms with E-state index in [1.165, 1.54) is 23.8 Å². The normalized spacial score (nSPS) is 10.3. The number of Topliss-reactive ketones (excluding diaryl/α,β-unsaturated/α-hetero) is 1. The van der Waals surface area contributed by atoms with Gasteiger partial charge in [0, 0.05) is 31.2 Å². The van der Waals surface area contributed by atoms with Crippen LogP contribution in [-0.4, -0.2) is 35.9 Å². The molecule has 30 heavy (non-hydrogen) atoms. The molecule has 2 rings (SSSR count). The summed E-state index contributed by atoms with van der Waals surface area (Å²) in [6, 6.07) is 5.30. The van der Waals surface area contributed by atoms with E-state index >= 15 is 0 Å². The molecule has 0 radical (unpaired) electrons. The standard InChI is InChI=1S/C21H21FN4O4/c1-11(10-30-5)24-21(29)19(27)17-12(2)18(26(4)13(17)3)20(28)25-15-6-7-16(22)14(8-15)9-23/h6-8H,1,10H2,2-5H3,(H,24,29)(H,25,28). The number of anilines is 1. The molecule has 0 aliphatic rings. The monoisotopic (exact) mass is 412 g/mol. The molecular formula is C21H21FN4O4. The maximum Gasteiger partial charge on any atom is 0.296 e. The van der Waals surface area contributed by atoms with Crippen molar-refractivity contribution in [3.8, 4) is 6.07 Å². The quantitative estimate of drug-likeness (QED) is 0.535. The van der Waals surface area contributed by atoms with Gasteiger partial charge in [-0.1, -0.05) is 6.58 Å². The fraction of sp³-hybridized carbons (Fsp3) is 0.238. The summed E-state index contributed by atoms with van der Waals surface area (Å²) in [6.45, 7) is 6.82. The molecule has 1 heterocycles. The molecule has 9 heteroatoms. The second kappa shape index (κ2) is 9.15. The minimum Gasteiger partial charge on any atom is -0.379 e. The number of carbonyl (C=O) groups is 3. The third-order valence-corrected chi connectivity index (χ3v) is 4.53. The van der Waals surface area contributed by atoms with Gasteiger partial charge in [-0.3, -0.25) is 14.4 Å². The molecule has 0 aliphatic carbocycles. The second-order valence-corrected chi connectivity index (χ2v) is 6.57. The van der Waals surface area contributed by atoms with Gasteiger partial charge in [-0.2, -0.15) is 5.26 Å². The lowest BCUT2D eigenvalue weighted by atomic mass is 10.0. The molecule has 1 aromatic carbocycles. The van der Waals surface area contributed by atoms with Crippen molar-refractivity contribution in [3.63, 3.8) is 0 Å². The molecule has 1 aromatic heterocycles. The molecule has 0 spiro atoms. The van der Waals surface area contributed by atoms with E-state index in [9.17, 15) is 18.8 Å². The summed E-state index contributed by atoms with van der Waals surface area (Å²) >= 11 is 0. The van der Waals surface area contributed by atoms with E-state index in [2.05, 4.69) is 17.2 Å². The van der Waals surface area contributed by atoms with E-state index in [4.69, 9.17) is 10.00 Å². The van der Waals surface area contributed by atoms with Crippen LogP contribution in [0.1, 0.15) is 37.7 Å². The lowest BCUT2D eigenvalue weighted by Gasteiger charge is -2.08. The van der Waals surface area contributed by atoms with Gasteiger partial charge in [0.05, 0.1) is 17.7 Å². The van der Waals surface area contributed by atoms with Gasteiger partial charge in [-0.25, -0.2) is 4.39 Å². The summed E-state index contributed by atoms with van der Waals surface area (Å²) in [5.41, 5.74) is 1.22. The number of amides is 2. The van der Waals surface area contributed by atoms with Crippen molar-refractivity contribution in [3.05, 3.63) is 64.4 Å². The zero-order valence-electron chi connectivity index (χ0n) is 17.1. The Morgan fingerprint density at radius 1 is 1.30 bits per heavy atom. The number of nitrogens with zero attached hydrogens (tertiary/aromatic N) is 2. The Kier molecular flexibility index (Phi) is 6.87. The second-order valence-electron chi connectivity index (χ2n) is 6.57. The van der Waals surface area contributed by atoms with Gasteiger partial charge >= 0.3 is 0 Å². The molecule has 0 aliphatic heterocycles. The van der Waals surface area contributed by atoms with E-state index in [0.717, 1.165) is 6.07 Å². The van der Waals surface area contributed by atoms with E-state index in [-0.39, 0.29) is 34.8 Å². The van der Waals surface area contributed by atoms with Gasteiger partial charge in [-0.05, 0) is 37.6 Å². The lowest BCUT2D eigenvalue weighted by Crippen LogP contribution is -2.32. The number of aromatic nitrogens is 1. The molecule has 0 unspecified atom stereocenters. The summed E-state index contributed by atoms with van der Waals surface area (Å²) in [4.78, 5) is 37.8. The van der Waals surface area contributed by atoms with Gasteiger partial charge in [0.2, 0.25) is 0 Å². The van der Waals surface area contributed by atoms with Crippen LogP contribution in [0.25, 0.3) is 0 Å². The highest BCUT2D eigenvalue weighted by Gasteiger charge is 2.28.